The number of hydrogen-bond donors (Lipinski definition) is 4. The molecule has 3 aromatic rings. The number of phenolic OH excluding ortho intramolecular Hbond substituents is 1. The lowest BCUT2D eigenvalue weighted by Gasteiger charge is -2.16. The summed E-state index contributed by atoms with van der Waals surface area (Å²) in [5.41, 5.74) is 3.96. The minimum Gasteiger partial charge on any atom is -0.504 e. The normalized spacial score (nSPS) is 13.3. The van der Waals surface area contributed by atoms with Crippen molar-refractivity contribution in [1.29, 1.82) is 0 Å². The highest BCUT2D eigenvalue weighted by molar-refractivity contribution is 5.94. The molecular weight excluding hydrogens is 364 g/mol. The van der Waals surface area contributed by atoms with Crippen molar-refractivity contribution < 1.29 is 29.4 Å². The largest absolute Gasteiger partial charge is 0.504 e. The number of rotatable bonds is 5. The fourth-order valence-corrected chi connectivity index (χ4v) is 3.05. The number of aromatic nitrogens is 1. The van der Waals surface area contributed by atoms with E-state index in [4.69, 9.17) is 19.5 Å². The number of carbonyl (C=O) groups excluding carboxylic acids is 1. The maximum Gasteiger partial charge on any atom is 0.224 e. The van der Waals surface area contributed by atoms with Crippen LogP contribution in [0.5, 0.6) is 11.5 Å². The number of nitrogens with one attached hydrogen (secondary N) is 1. The van der Waals surface area contributed by atoms with E-state index in [0.29, 0.717) is 29.9 Å². The number of carbonyl (C=O) groups is 1. The number of fused-ring (bicyclic) bond motifs is 1. The molecule has 1 amide bonds. The third-order valence-electron chi connectivity index (χ3n) is 4.44. The summed E-state index contributed by atoms with van der Waals surface area (Å²) in [5, 5.41) is 34.7. The van der Waals surface area contributed by atoms with E-state index >= 15 is 0 Å². The molecule has 0 aliphatic carbocycles. The van der Waals surface area contributed by atoms with Crippen molar-refractivity contribution in [2.24, 2.45) is 0 Å². The zero-order valence-electron chi connectivity index (χ0n) is 14.8. The van der Waals surface area contributed by atoms with Gasteiger partial charge in [-0.05, 0) is 42.3 Å². The fourth-order valence-electron chi connectivity index (χ4n) is 3.05. The fraction of sp³-hybridized carbons (Fsp3) is 0.200. The van der Waals surface area contributed by atoms with E-state index in [9.17, 15) is 9.90 Å². The van der Waals surface area contributed by atoms with E-state index in [-0.39, 0.29) is 24.0 Å². The van der Waals surface area contributed by atoms with Crippen LogP contribution in [0.15, 0.2) is 47.0 Å². The Morgan fingerprint density at radius 3 is 2.71 bits per heavy atom. The standard InChI is InChI=1S/C20H18N2O6/c23-16-8-13(2-5-17(16)27-10-20(25)26)18-9-15(22-28-18)12-1-4-14-11(7-12)3-6-19(24)21-14/h1-2,4-5,7-9,20,23,25-26H,3,6,10H2,(H,21,24). The monoisotopic (exact) mass is 382 g/mol. The number of nitrogens with zero attached hydrogens (tertiary/aromatic N) is 1. The minimum atomic E-state index is -1.62. The van der Waals surface area contributed by atoms with E-state index in [1.54, 1.807) is 12.1 Å². The van der Waals surface area contributed by atoms with Crippen LogP contribution in [0.2, 0.25) is 0 Å². The van der Waals surface area contributed by atoms with Crippen LogP contribution < -0.4 is 10.1 Å². The highest BCUT2D eigenvalue weighted by Crippen LogP contribution is 2.34. The van der Waals surface area contributed by atoms with Crippen LogP contribution in [0.25, 0.3) is 22.6 Å². The molecule has 2 heterocycles. The van der Waals surface area contributed by atoms with Gasteiger partial charge in [-0.1, -0.05) is 11.2 Å². The first-order valence-corrected chi connectivity index (χ1v) is 8.72. The Labute approximate surface area is 160 Å². The Kier molecular flexibility index (Phi) is 4.72. The molecule has 8 heteroatoms. The smallest absolute Gasteiger partial charge is 0.224 e. The van der Waals surface area contributed by atoms with Crippen LogP contribution in [0.4, 0.5) is 5.69 Å². The van der Waals surface area contributed by atoms with Gasteiger partial charge in [-0.2, -0.15) is 0 Å². The molecule has 2 aromatic carbocycles. The second-order valence-corrected chi connectivity index (χ2v) is 6.47. The van der Waals surface area contributed by atoms with Gasteiger partial charge in [0.25, 0.3) is 0 Å². The molecule has 1 aliphatic heterocycles. The first-order valence-electron chi connectivity index (χ1n) is 8.72. The number of aromatic hydroxyl groups is 1. The summed E-state index contributed by atoms with van der Waals surface area (Å²) >= 11 is 0. The van der Waals surface area contributed by atoms with Gasteiger partial charge in [0.15, 0.2) is 23.5 Å². The Morgan fingerprint density at radius 1 is 1.11 bits per heavy atom. The number of ether oxygens (including phenoxy) is 1. The van der Waals surface area contributed by atoms with Gasteiger partial charge in [0, 0.05) is 29.3 Å². The van der Waals surface area contributed by atoms with E-state index in [1.807, 2.05) is 18.2 Å². The number of aryl methyl sites for hydroxylation is 1. The summed E-state index contributed by atoms with van der Waals surface area (Å²) in [6.45, 7) is -0.349. The molecule has 28 heavy (non-hydrogen) atoms. The van der Waals surface area contributed by atoms with Crippen LogP contribution in [0.3, 0.4) is 0 Å². The zero-order valence-corrected chi connectivity index (χ0v) is 14.8. The number of amides is 1. The zero-order chi connectivity index (χ0) is 19.7. The number of aliphatic hydroxyl groups excluding tert-OH is 1. The van der Waals surface area contributed by atoms with Crippen molar-refractivity contribution >= 4 is 11.6 Å². The van der Waals surface area contributed by atoms with Gasteiger partial charge in [0.1, 0.15) is 12.3 Å². The SMILES string of the molecule is O=C1CCc2cc(-c3cc(-c4ccc(OCC(O)O)c(O)c4)on3)ccc2N1. The first kappa shape index (κ1) is 18.0. The van der Waals surface area contributed by atoms with E-state index in [1.165, 1.54) is 12.1 Å². The molecule has 4 rings (SSSR count). The van der Waals surface area contributed by atoms with Crippen molar-refractivity contribution in [3.05, 3.63) is 48.0 Å². The quantitative estimate of drug-likeness (QED) is 0.499. The number of phenols is 1. The van der Waals surface area contributed by atoms with Gasteiger partial charge in [0.2, 0.25) is 5.91 Å². The Morgan fingerprint density at radius 2 is 1.93 bits per heavy atom. The molecule has 0 radical (unpaired) electrons. The topological polar surface area (TPSA) is 125 Å². The van der Waals surface area contributed by atoms with Crippen LogP contribution in [-0.2, 0) is 11.2 Å². The van der Waals surface area contributed by atoms with E-state index in [2.05, 4.69) is 10.5 Å². The minimum absolute atomic E-state index is 0.0182. The van der Waals surface area contributed by atoms with Crippen LogP contribution >= 0.6 is 0 Å². The first-order chi connectivity index (χ1) is 13.5. The molecule has 8 nitrogen and oxygen atoms in total. The molecule has 0 unspecified atom stereocenters. The molecule has 1 aliphatic rings. The second kappa shape index (κ2) is 7.34. The third-order valence-corrected chi connectivity index (χ3v) is 4.44. The summed E-state index contributed by atoms with van der Waals surface area (Å²) in [5.74, 6) is 0.462. The Bertz CT molecular complexity index is 1030. The second-order valence-electron chi connectivity index (χ2n) is 6.47. The molecule has 0 saturated carbocycles. The lowest BCUT2D eigenvalue weighted by Crippen LogP contribution is -2.18. The predicted octanol–water partition coefficient (Wildman–Crippen LogP) is 2.29. The van der Waals surface area contributed by atoms with Crippen LogP contribution in [-0.4, -0.2) is 39.3 Å². The number of benzene rings is 2. The van der Waals surface area contributed by atoms with Crippen LogP contribution in [0, 0.1) is 0 Å². The maximum atomic E-state index is 11.5. The Hall–Kier alpha value is -3.36. The van der Waals surface area contributed by atoms with Crippen molar-refractivity contribution in [1.82, 2.24) is 5.16 Å². The summed E-state index contributed by atoms with van der Waals surface area (Å²) in [7, 11) is 0. The molecule has 144 valence electrons. The molecule has 0 spiro atoms. The molecule has 1 aromatic heterocycles. The summed E-state index contributed by atoms with van der Waals surface area (Å²) < 4.78 is 10.5. The lowest BCUT2D eigenvalue weighted by atomic mass is 9.99. The average Bonchev–Trinajstić information content (AvgIpc) is 3.16. The maximum absolute atomic E-state index is 11.5. The number of anilines is 1. The molecule has 0 bridgehead atoms. The average molecular weight is 382 g/mol. The summed E-state index contributed by atoms with van der Waals surface area (Å²) in [4.78, 5) is 11.5. The van der Waals surface area contributed by atoms with E-state index in [0.717, 1.165) is 16.8 Å². The highest BCUT2D eigenvalue weighted by atomic mass is 16.5. The van der Waals surface area contributed by atoms with Crippen molar-refractivity contribution in [3.63, 3.8) is 0 Å². The van der Waals surface area contributed by atoms with Crippen molar-refractivity contribution in [2.75, 3.05) is 11.9 Å². The predicted molar refractivity (Wildman–Crippen MR) is 99.7 cm³/mol. The molecule has 0 saturated heterocycles. The van der Waals surface area contributed by atoms with Gasteiger partial charge in [-0.15, -0.1) is 0 Å². The Balaban J connectivity index is 1.56. The van der Waals surface area contributed by atoms with Gasteiger partial charge < -0.3 is 29.9 Å². The van der Waals surface area contributed by atoms with Gasteiger partial charge in [-0.3, -0.25) is 4.79 Å². The number of aliphatic hydroxyl groups is 2. The van der Waals surface area contributed by atoms with Gasteiger partial charge in [0.05, 0.1) is 0 Å². The summed E-state index contributed by atoms with van der Waals surface area (Å²) in [6.07, 6.45) is -0.486. The third kappa shape index (κ3) is 3.68. The molecule has 0 atom stereocenters. The van der Waals surface area contributed by atoms with Gasteiger partial charge >= 0.3 is 0 Å². The van der Waals surface area contributed by atoms with Crippen molar-refractivity contribution in [2.45, 2.75) is 19.1 Å². The van der Waals surface area contributed by atoms with E-state index < -0.39 is 6.29 Å². The molecule has 0 fully saturated rings. The van der Waals surface area contributed by atoms with Gasteiger partial charge in [-0.25, -0.2) is 0 Å². The van der Waals surface area contributed by atoms with Crippen molar-refractivity contribution in [3.8, 4) is 34.1 Å². The number of hydrogen-bond acceptors (Lipinski definition) is 7. The molecule has 4 N–H and O–H groups in total. The van der Waals surface area contributed by atoms with Crippen LogP contribution in [0.1, 0.15) is 12.0 Å². The highest BCUT2D eigenvalue weighted by Gasteiger charge is 2.17. The lowest BCUT2D eigenvalue weighted by molar-refractivity contribution is -0.116. The molecular formula is C20H18N2O6. The summed E-state index contributed by atoms with van der Waals surface area (Å²) in [6, 6.07) is 12.1.